The summed E-state index contributed by atoms with van der Waals surface area (Å²) in [4.78, 5) is 28.0. The minimum absolute atomic E-state index is 0.273. The third-order valence-corrected chi connectivity index (χ3v) is 3.72. The number of amides is 1. The largest absolute Gasteiger partial charge is 0.493 e. The van der Waals surface area contributed by atoms with Gasteiger partial charge in [-0.05, 0) is 48.0 Å². The van der Waals surface area contributed by atoms with Crippen LogP contribution >= 0.6 is 0 Å². The Bertz CT molecular complexity index is 989. The Morgan fingerprint density at radius 3 is 2.43 bits per heavy atom. The summed E-state index contributed by atoms with van der Waals surface area (Å²) in [6.45, 7) is 0. The number of nitrogens with one attached hydrogen (secondary N) is 1. The average Bonchev–Trinajstić information content (AvgIpc) is 2.75. The zero-order valence-electron chi connectivity index (χ0n) is 15.0. The van der Waals surface area contributed by atoms with Gasteiger partial charge in [0.05, 0.1) is 18.9 Å². The number of carbonyl (C=O) groups excluding carboxylic acids is 2. The van der Waals surface area contributed by atoms with Crippen molar-refractivity contribution < 1.29 is 19.1 Å². The number of nitrogens with zero attached hydrogens (tertiary/aromatic N) is 2. The van der Waals surface area contributed by atoms with Crippen molar-refractivity contribution in [1.29, 1.82) is 0 Å². The number of methoxy groups -OCH3 is 1. The van der Waals surface area contributed by atoms with Crippen molar-refractivity contribution in [3.63, 3.8) is 0 Å². The molecule has 28 heavy (non-hydrogen) atoms. The molecule has 0 radical (unpaired) electrons. The van der Waals surface area contributed by atoms with Crippen molar-refractivity contribution in [3.05, 3.63) is 89.7 Å². The molecule has 7 heteroatoms. The molecule has 1 amide bonds. The van der Waals surface area contributed by atoms with E-state index in [0.717, 1.165) is 0 Å². The molecule has 0 saturated carbocycles. The maximum absolute atomic E-state index is 12.2. The summed E-state index contributed by atoms with van der Waals surface area (Å²) in [6, 6.07) is 16.8. The Kier molecular flexibility index (Phi) is 6.10. The normalized spacial score (nSPS) is 10.5. The summed E-state index contributed by atoms with van der Waals surface area (Å²) in [7, 11) is 1.47. The third kappa shape index (κ3) is 4.79. The number of aromatic nitrogens is 1. The van der Waals surface area contributed by atoms with Crippen LogP contribution in [0.15, 0.2) is 78.2 Å². The minimum Gasteiger partial charge on any atom is -0.493 e. The van der Waals surface area contributed by atoms with Gasteiger partial charge >= 0.3 is 5.97 Å². The van der Waals surface area contributed by atoms with Crippen LogP contribution in [0.1, 0.15) is 26.3 Å². The summed E-state index contributed by atoms with van der Waals surface area (Å²) >= 11 is 0. The lowest BCUT2D eigenvalue weighted by atomic mass is 10.2. The lowest BCUT2D eigenvalue weighted by molar-refractivity contribution is 0.0729. The quantitative estimate of drug-likeness (QED) is 0.309. The smallest absolute Gasteiger partial charge is 0.343 e. The highest BCUT2D eigenvalue weighted by Crippen LogP contribution is 2.28. The van der Waals surface area contributed by atoms with E-state index in [2.05, 4.69) is 15.5 Å². The molecule has 0 atom stereocenters. The van der Waals surface area contributed by atoms with Gasteiger partial charge in [0.2, 0.25) is 0 Å². The third-order valence-electron chi connectivity index (χ3n) is 3.72. The maximum Gasteiger partial charge on any atom is 0.343 e. The molecule has 1 N–H and O–H groups in total. The molecule has 3 aromatic rings. The molecule has 2 aromatic carbocycles. The number of pyridine rings is 1. The van der Waals surface area contributed by atoms with Crippen LogP contribution in [-0.4, -0.2) is 30.2 Å². The number of hydrogen-bond donors (Lipinski definition) is 1. The second kappa shape index (κ2) is 9.09. The van der Waals surface area contributed by atoms with E-state index in [-0.39, 0.29) is 11.7 Å². The van der Waals surface area contributed by atoms with Crippen LogP contribution in [0, 0.1) is 0 Å². The van der Waals surface area contributed by atoms with Crippen LogP contribution in [0.2, 0.25) is 0 Å². The Morgan fingerprint density at radius 2 is 1.71 bits per heavy atom. The number of rotatable bonds is 6. The molecule has 0 unspecified atom stereocenters. The number of hydrogen-bond acceptors (Lipinski definition) is 6. The van der Waals surface area contributed by atoms with Gasteiger partial charge in [-0.3, -0.25) is 9.78 Å². The van der Waals surface area contributed by atoms with Gasteiger partial charge < -0.3 is 9.47 Å². The molecule has 0 aliphatic rings. The highest BCUT2D eigenvalue weighted by molar-refractivity contribution is 5.95. The minimum atomic E-state index is -0.516. The zero-order chi connectivity index (χ0) is 19.8. The van der Waals surface area contributed by atoms with Crippen LogP contribution < -0.4 is 14.9 Å². The number of ether oxygens (including phenoxy) is 2. The summed E-state index contributed by atoms with van der Waals surface area (Å²) in [6.07, 6.45) is 4.49. The monoisotopic (exact) mass is 375 g/mol. The molecule has 0 saturated heterocycles. The number of hydrazone groups is 1. The Balaban J connectivity index is 1.67. The first-order chi connectivity index (χ1) is 13.7. The van der Waals surface area contributed by atoms with Gasteiger partial charge in [-0.25, -0.2) is 10.2 Å². The maximum atomic E-state index is 12.2. The second-order valence-electron chi connectivity index (χ2n) is 5.60. The van der Waals surface area contributed by atoms with Crippen LogP contribution in [0.25, 0.3) is 0 Å². The van der Waals surface area contributed by atoms with Gasteiger partial charge in [-0.1, -0.05) is 18.2 Å². The van der Waals surface area contributed by atoms with Gasteiger partial charge in [-0.2, -0.15) is 5.10 Å². The Morgan fingerprint density at radius 1 is 0.964 bits per heavy atom. The van der Waals surface area contributed by atoms with E-state index < -0.39 is 5.97 Å². The second-order valence-corrected chi connectivity index (χ2v) is 5.60. The van der Waals surface area contributed by atoms with Crippen molar-refractivity contribution in [2.75, 3.05) is 7.11 Å². The van der Waals surface area contributed by atoms with Gasteiger partial charge in [0.25, 0.3) is 5.91 Å². The van der Waals surface area contributed by atoms with Gasteiger partial charge in [0.1, 0.15) is 0 Å². The number of esters is 1. The van der Waals surface area contributed by atoms with E-state index in [1.165, 1.54) is 25.7 Å². The molecule has 7 nitrogen and oxygen atoms in total. The van der Waals surface area contributed by atoms with Crippen molar-refractivity contribution >= 4 is 18.1 Å². The summed E-state index contributed by atoms with van der Waals surface area (Å²) in [5.41, 5.74) is 4.00. The van der Waals surface area contributed by atoms with E-state index in [1.807, 2.05) is 6.07 Å². The highest BCUT2D eigenvalue weighted by atomic mass is 16.6. The van der Waals surface area contributed by atoms with Crippen LogP contribution in [0.4, 0.5) is 0 Å². The molecular weight excluding hydrogens is 358 g/mol. The summed E-state index contributed by atoms with van der Waals surface area (Å²) in [5, 5.41) is 3.94. The SMILES string of the molecule is COc1cc(/C=N\NC(=O)c2ccccc2)ccc1OC(=O)c1ccncc1. The lowest BCUT2D eigenvalue weighted by Crippen LogP contribution is -2.17. The van der Waals surface area contributed by atoms with Gasteiger partial charge in [0.15, 0.2) is 11.5 Å². The molecule has 0 bridgehead atoms. The lowest BCUT2D eigenvalue weighted by Gasteiger charge is -2.09. The van der Waals surface area contributed by atoms with Crippen molar-refractivity contribution in [2.24, 2.45) is 5.10 Å². The van der Waals surface area contributed by atoms with Gasteiger partial charge in [-0.15, -0.1) is 0 Å². The first kappa shape index (κ1) is 18.8. The Labute approximate surface area is 161 Å². The first-order valence-corrected chi connectivity index (χ1v) is 8.36. The molecule has 0 aliphatic heterocycles. The number of benzene rings is 2. The van der Waals surface area contributed by atoms with Crippen molar-refractivity contribution in [3.8, 4) is 11.5 Å². The van der Waals surface area contributed by atoms with Crippen LogP contribution in [0.5, 0.6) is 11.5 Å². The van der Waals surface area contributed by atoms with Crippen LogP contribution in [0.3, 0.4) is 0 Å². The van der Waals surface area contributed by atoms with Crippen LogP contribution in [-0.2, 0) is 0 Å². The van der Waals surface area contributed by atoms with Crippen molar-refractivity contribution in [2.45, 2.75) is 0 Å². The molecule has 1 heterocycles. The summed E-state index contributed by atoms with van der Waals surface area (Å²) in [5.74, 6) is -0.195. The molecule has 0 spiro atoms. The first-order valence-electron chi connectivity index (χ1n) is 8.36. The topological polar surface area (TPSA) is 89.9 Å². The van der Waals surface area contributed by atoms with E-state index in [9.17, 15) is 9.59 Å². The fourth-order valence-electron chi connectivity index (χ4n) is 2.32. The summed E-state index contributed by atoms with van der Waals surface area (Å²) < 4.78 is 10.7. The number of carbonyl (C=O) groups is 2. The predicted molar refractivity (Wildman–Crippen MR) is 104 cm³/mol. The molecule has 0 fully saturated rings. The van der Waals surface area contributed by atoms with E-state index >= 15 is 0 Å². The highest BCUT2D eigenvalue weighted by Gasteiger charge is 2.12. The fraction of sp³-hybridized carbons (Fsp3) is 0.0476. The van der Waals surface area contributed by atoms with E-state index in [1.54, 1.807) is 54.6 Å². The zero-order valence-corrected chi connectivity index (χ0v) is 15.0. The molecule has 140 valence electrons. The molecular formula is C21H17N3O4. The average molecular weight is 375 g/mol. The predicted octanol–water partition coefficient (Wildman–Crippen LogP) is 3.07. The molecule has 3 rings (SSSR count). The fourth-order valence-corrected chi connectivity index (χ4v) is 2.32. The molecule has 0 aliphatic carbocycles. The van der Waals surface area contributed by atoms with E-state index in [4.69, 9.17) is 9.47 Å². The Hall–Kier alpha value is -4.00. The van der Waals surface area contributed by atoms with E-state index in [0.29, 0.717) is 22.4 Å². The van der Waals surface area contributed by atoms with Crippen molar-refractivity contribution in [1.82, 2.24) is 10.4 Å². The standard InChI is InChI=1S/C21H17N3O4/c1-27-19-13-15(14-23-24-20(25)16-5-3-2-4-6-16)7-8-18(19)28-21(26)17-9-11-22-12-10-17/h2-14H,1H3,(H,24,25)/b23-14-. The van der Waals surface area contributed by atoms with Gasteiger partial charge in [0, 0.05) is 18.0 Å². The molecule has 1 aromatic heterocycles.